The second kappa shape index (κ2) is 7.99. The van der Waals surface area contributed by atoms with Gasteiger partial charge in [0.2, 0.25) is 0 Å². The lowest BCUT2D eigenvalue weighted by Crippen LogP contribution is -2.17. The molecule has 0 bridgehead atoms. The average molecular weight is 370 g/mol. The smallest absolute Gasteiger partial charge is 0.335 e. The van der Waals surface area contributed by atoms with Crippen LogP contribution < -0.4 is 5.32 Å². The zero-order valence-electron chi connectivity index (χ0n) is 15.6. The maximum Gasteiger partial charge on any atom is 0.335 e. The van der Waals surface area contributed by atoms with Crippen molar-refractivity contribution in [1.82, 2.24) is 0 Å². The number of hydrogen-bond donors (Lipinski definition) is 2. The fourth-order valence-electron chi connectivity index (χ4n) is 2.85. The zero-order chi connectivity index (χ0) is 20.3. The van der Waals surface area contributed by atoms with Crippen molar-refractivity contribution in [3.8, 4) is 0 Å². The minimum atomic E-state index is -1.33. The molecular formula is C20H22N2O5. The van der Waals surface area contributed by atoms with E-state index in [-0.39, 0.29) is 23.0 Å². The number of anilines is 1. The number of aromatic carboxylic acids is 1. The molecule has 2 N–H and O–H groups in total. The van der Waals surface area contributed by atoms with Crippen LogP contribution in [-0.4, -0.2) is 21.9 Å². The quantitative estimate of drug-likeness (QED) is 0.561. The zero-order valence-corrected chi connectivity index (χ0v) is 15.6. The fraction of sp³-hybridized carbons (Fsp3) is 0.300. The molecule has 0 aliphatic carbocycles. The van der Waals surface area contributed by atoms with Gasteiger partial charge in [-0.1, -0.05) is 45.9 Å². The van der Waals surface area contributed by atoms with Crippen LogP contribution in [0.25, 0.3) is 0 Å². The highest BCUT2D eigenvalue weighted by atomic mass is 16.6. The molecule has 1 amide bonds. The highest BCUT2D eigenvalue weighted by Gasteiger charge is 2.20. The van der Waals surface area contributed by atoms with Crippen molar-refractivity contribution in [1.29, 1.82) is 0 Å². The number of carboxylic acid groups (broad SMARTS) is 1. The average Bonchev–Trinajstić information content (AvgIpc) is 2.60. The predicted octanol–water partition coefficient (Wildman–Crippen LogP) is 4.79. The molecule has 0 aliphatic heterocycles. The number of rotatable bonds is 6. The molecule has 2 rings (SSSR count). The topological polar surface area (TPSA) is 110 Å². The van der Waals surface area contributed by atoms with E-state index in [1.54, 1.807) is 0 Å². The molecule has 0 unspecified atom stereocenters. The Morgan fingerprint density at radius 2 is 1.52 bits per heavy atom. The van der Waals surface area contributed by atoms with E-state index >= 15 is 0 Å². The van der Waals surface area contributed by atoms with Crippen molar-refractivity contribution in [3.63, 3.8) is 0 Å². The summed E-state index contributed by atoms with van der Waals surface area (Å²) in [5, 5.41) is 23.1. The number of nitro benzene ring substituents is 1. The first-order valence-electron chi connectivity index (χ1n) is 8.58. The van der Waals surface area contributed by atoms with E-state index in [0.717, 1.165) is 29.3 Å². The van der Waals surface area contributed by atoms with Gasteiger partial charge in [0.15, 0.2) is 0 Å². The van der Waals surface area contributed by atoms with Crippen LogP contribution in [0.4, 0.5) is 11.4 Å². The van der Waals surface area contributed by atoms with E-state index in [1.807, 2.05) is 45.9 Å². The Labute approximate surface area is 157 Å². The lowest BCUT2D eigenvalue weighted by atomic mass is 9.92. The van der Waals surface area contributed by atoms with Gasteiger partial charge in [-0.25, -0.2) is 4.79 Å². The number of non-ortho nitro benzene ring substituents is 1. The van der Waals surface area contributed by atoms with Crippen molar-refractivity contribution in [2.45, 2.75) is 39.5 Å². The molecule has 2 aromatic rings. The maximum atomic E-state index is 12.8. The van der Waals surface area contributed by atoms with Gasteiger partial charge >= 0.3 is 5.97 Å². The second-order valence-corrected chi connectivity index (χ2v) is 6.91. The van der Waals surface area contributed by atoms with Crippen LogP contribution in [0.15, 0.2) is 36.4 Å². The summed E-state index contributed by atoms with van der Waals surface area (Å²) in [5.41, 5.74) is 1.72. The Bertz CT molecular complexity index is 845. The molecule has 7 heteroatoms. The molecule has 2 aromatic carbocycles. The minimum Gasteiger partial charge on any atom is -0.478 e. The van der Waals surface area contributed by atoms with Gasteiger partial charge in [-0.15, -0.1) is 0 Å². The Hall–Kier alpha value is -3.22. The lowest BCUT2D eigenvalue weighted by molar-refractivity contribution is -0.384. The van der Waals surface area contributed by atoms with Crippen molar-refractivity contribution in [3.05, 3.63) is 68.8 Å². The van der Waals surface area contributed by atoms with Crippen LogP contribution in [-0.2, 0) is 0 Å². The van der Waals surface area contributed by atoms with Crippen molar-refractivity contribution >= 4 is 23.3 Å². The number of carboxylic acids is 1. The minimum absolute atomic E-state index is 0.0742. The summed E-state index contributed by atoms with van der Waals surface area (Å²) in [4.78, 5) is 34.4. The van der Waals surface area contributed by atoms with E-state index in [9.17, 15) is 19.7 Å². The van der Waals surface area contributed by atoms with Gasteiger partial charge in [0.05, 0.1) is 10.5 Å². The van der Waals surface area contributed by atoms with Gasteiger partial charge in [-0.2, -0.15) is 0 Å². The third kappa shape index (κ3) is 4.49. The first kappa shape index (κ1) is 20.1. The second-order valence-electron chi connectivity index (χ2n) is 6.91. The highest BCUT2D eigenvalue weighted by molar-refractivity contribution is 6.07. The fourth-order valence-corrected chi connectivity index (χ4v) is 2.85. The Kier molecular flexibility index (Phi) is 5.95. The molecule has 0 spiro atoms. The third-order valence-electron chi connectivity index (χ3n) is 4.25. The molecule has 0 radical (unpaired) electrons. The van der Waals surface area contributed by atoms with Gasteiger partial charge < -0.3 is 10.4 Å². The van der Waals surface area contributed by atoms with Gasteiger partial charge in [-0.3, -0.25) is 14.9 Å². The molecule has 0 saturated heterocycles. The van der Waals surface area contributed by atoms with Gasteiger partial charge in [0.25, 0.3) is 11.6 Å². The Morgan fingerprint density at radius 3 is 1.96 bits per heavy atom. The van der Waals surface area contributed by atoms with Crippen LogP contribution in [0, 0.1) is 10.1 Å². The predicted molar refractivity (Wildman–Crippen MR) is 103 cm³/mol. The summed E-state index contributed by atoms with van der Waals surface area (Å²) in [6.45, 7) is 8.02. The SMILES string of the molecule is CC(C)c1cccc(C(C)C)c1NC(=O)c1cc(C(=O)O)cc([N+](=O)[O-])c1. The summed E-state index contributed by atoms with van der Waals surface area (Å²) >= 11 is 0. The van der Waals surface area contributed by atoms with Gasteiger partial charge in [-0.05, 0) is 29.0 Å². The van der Waals surface area contributed by atoms with E-state index < -0.39 is 22.5 Å². The van der Waals surface area contributed by atoms with Crippen LogP contribution in [0.1, 0.15) is 71.4 Å². The molecule has 0 fully saturated rings. The van der Waals surface area contributed by atoms with Crippen LogP contribution in [0.2, 0.25) is 0 Å². The molecule has 0 saturated carbocycles. The summed E-state index contributed by atoms with van der Waals surface area (Å²) in [5.74, 6) is -1.62. The maximum absolute atomic E-state index is 12.8. The molecule has 27 heavy (non-hydrogen) atoms. The molecule has 0 heterocycles. The van der Waals surface area contributed by atoms with Crippen molar-refractivity contribution in [2.24, 2.45) is 0 Å². The number of nitro groups is 1. The van der Waals surface area contributed by atoms with E-state index in [4.69, 9.17) is 5.11 Å². The highest BCUT2D eigenvalue weighted by Crippen LogP contribution is 2.33. The number of hydrogen-bond acceptors (Lipinski definition) is 4. The van der Waals surface area contributed by atoms with E-state index in [1.165, 1.54) is 0 Å². The van der Waals surface area contributed by atoms with Crippen LogP contribution in [0.3, 0.4) is 0 Å². The largest absolute Gasteiger partial charge is 0.478 e. The Morgan fingerprint density at radius 1 is 1.00 bits per heavy atom. The van der Waals surface area contributed by atoms with Gasteiger partial charge in [0, 0.05) is 23.4 Å². The molecular weight excluding hydrogens is 348 g/mol. The molecule has 142 valence electrons. The normalized spacial score (nSPS) is 10.9. The number of para-hydroxylation sites is 1. The number of amides is 1. The lowest BCUT2D eigenvalue weighted by Gasteiger charge is -2.20. The number of nitrogens with zero attached hydrogens (tertiary/aromatic N) is 1. The number of carbonyl (C=O) groups excluding carboxylic acids is 1. The van der Waals surface area contributed by atoms with Crippen molar-refractivity contribution in [2.75, 3.05) is 5.32 Å². The summed E-state index contributed by atoms with van der Waals surface area (Å²) in [6, 6.07) is 8.91. The first-order valence-corrected chi connectivity index (χ1v) is 8.58. The summed E-state index contributed by atoms with van der Waals surface area (Å²) < 4.78 is 0. The molecule has 0 atom stereocenters. The number of nitrogens with one attached hydrogen (secondary N) is 1. The third-order valence-corrected chi connectivity index (χ3v) is 4.25. The molecule has 0 aromatic heterocycles. The first-order chi connectivity index (χ1) is 12.6. The van der Waals surface area contributed by atoms with E-state index in [0.29, 0.717) is 5.69 Å². The summed E-state index contributed by atoms with van der Waals surface area (Å²) in [6.07, 6.45) is 0. The van der Waals surface area contributed by atoms with Crippen LogP contribution in [0.5, 0.6) is 0 Å². The Balaban J connectivity index is 2.52. The van der Waals surface area contributed by atoms with Crippen molar-refractivity contribution < 1.29 is 19.6 Å². The number of carbonyl (C=O) groups is 2. The summed E-state index contributed by atoms with van der Waals surface area (Å²) in [7, 11) is 0. The number of benzene rings is 2. The monoisotopic (exact) mass is 370 g/mol. The van der Waals surface area contributed by atoms with E-state index in [2.05, 4.69) is 5.32 Å². The van der Waals surface area contributed by atoms with Crippen LogP contribution >= 0.6 is 0 Å². The molecule has 0 aliphatic rings. The molecule has 7 nitrogen and oxygen atoms in total. The standard InChI is InChI=1S/C20H22N2O5/c1-11(2)16-6-5-7-17(12(3)4)18(16)21-19(23)13-8-14(20(24)25)10-15(9-13)22(26)27/h5-12H,1-4H3,(H,21,23)(H,24,25). The van der Waals surface area contributed by atoms with Gasteiger partial charge in [0.1, 0.15) is 0 Å².